The van der Waals surface area contributed by atoms with E-state index in [0.29, 0.717) is 148 Å². The summed E-state index contributed by atoms with van der Waals surface area (Å²) in [4.78, 5) is 276. The van der Waals surface area contributed by atoms with E-state index in [1.54, 1.807) is 121 Å². The van der Waals surface area contributed by atoms with Crippen LogP contribution >= 0.6 is 0 Å². The number of Topliss-reactive ketones (excluding diaryl/α,β-unsaturated/α-hetero) is 2. The normalized spacial score (nSPS) is 22.8. The monoisotopic (exact) mass is 2050 g/mol. The van der Waals surface area contributed by atoms with Crippen LogP contribution in [-0.4, -0.2) is 230 Å². The van der Waals surface area contributed by atoms with Gasteiger partial charge in [-0.25, -0.2) is 4.98 Å². The van der Waals surface area contributed by atoms with Crippen LogP contribution in [0.15, 0.2) is 156 Å². The molecule has 0 bridgehead atoms. The molecule has 1 aliphatic carbocycles. The topological polar surface area (TPSA) is 663 Å². The maximum Gasteiger partial charge on any atom is 0.264 e. The molecule has 14 heterocycles. The van der Waals surface area contributed by atoms with E-state index in [0.717, 1.165) is 60.0 Å². The molecule has 1 saturated carbocycles. The number of ketones is 2. The molecule has 13 aliphatic heterocycles. The Kier molecular flexibility index (Phi) is 29.4. The Labute approximate surface area is 856 Å². The van der Waals surface area contributed by atoms with Crippen LogP contribution in [-0.2, 0) is 118 Å². The average molecular weight is 2050 g/mol. The third-order valence-corrected chi connectivity index (χ3v) is 28.0. The summed E-state index contributed by atoms with van der Waals surface area (Å²) >= 11 is 0. The van der Waals surface area contributed by atoms with E-state index in [9.17, 15) is 105 Å². The van der Waals surface area contributed by atoms with Gasteiger partial charge < -0.3 is 68.4 Å². The predicted molar refractivity (Wildman–Crippen MR) is 533 cm³/mol. The highest BCUT2D eigenvalue weighted by Gasteiger charge is 2.49. The average Bonchev–Trinajstić information content (AvgIpc) is 1.35. The minimum absolute atomic E-state index is 0.00268. The number of aromatic nitrogens is 2. The van der Waals surface area contributed by atoms with Crippen molar-refractivity contribution in [2.75, 3.05) is 60.7 Å². The van der Waals surface area contributed by atoms with Crippen molar-refractivity contribution < 1.29 is 113 Å². The molecule has 8 fully saturated rings. The molecule has 18 N–H and O–H groups in total. The lowest BCUT2D eigenvalue weighted by Gasteiger charge is -2.29. The molecule has 0 spiro atoms. The zero-order chi connectivity index (χ0) is 108. The van der Waals surface area contributed by atoms with Crippen LogP contribution in [0.2, 0.25) is 0 Å². The largest absolute Gasteiger partial charge is 0.489 e. The number of carbonyl (C=O) groups excluding carboxylic acids is 21. The SMILES string of the molecule is Cc1nc2cccc(N)c2c(=O)n1C1CCC(=O)CC1=O.Nc1cccc2c1C(=O)N(C1CCC(=O)NC1=O)C2=O.Nc1cccc2c1CN(C1CCC(=O)NC1=O)C2=O.Nc1cccc2c1CN([C@H]1CCC(=O)NC1=O)C2=O.O=C1CC[C@H](N2Cc3c(OCc4ccc(CN5CCOCC5)cc4)cccc3C2=O)C(=O)N1.[2H]C1(N2Cc3c(N)cccc3C2=O)CCC(=O)NC1=O.[2H][C@]1(N2Cc3c(N)cccc3C2=O)CCC(=O)NC1=O. The van der Waals surface area contributed by atoms with Crippen molar-refractivity contribution >= 4 is 169 Å². The van der Waals surface area contributed by atoms with E-state index < -0.39 is 119 Å². The van der Waals surface area contributed by atoms with Crippen molar-refractivity contribution in [2.24, 2.45) is 0 Å². The van der Waals surface area contributed by atoms with Crippen LogP contribution in [0, 0.1) is 6.92 Å². The van der Waals surface area contributed by atoms with Gasteiger partial charge in [0.1, 0.15) is 60.2 Å². The van der Waals surface area contributed by atoms with Gasteiger partial charge in [-0.15, -0.1) is 0 Å². The van der Waals surface area contributed by atoms with Gasteiger partial charge in [-0.1, -0.05) is 66.7 Å². The zero-order valence-corrected chi connectivity index (χ0v) is 81.0. The Morgan fingerprint density at radius 2 is 0.700 bits per heavy atom. The van der Waals surface area contributed by atoms with E-state index in [4.69, 9.17) is 46.6 Å². The maximum absolute atomic E-state index is 12.9. The number of hydrogen-bond donors (Lipinski definition) is 12. The lowest BCUT2D eigenvalue weighted by atomic mass is 9.92. The molecule has 150 heavy (non-hydrogen) atoms. The molecular formula is C105H105N21O24. The maximum atomic E-state index is 12.9. The molecule has 19 amide bonds. The summed E-state index contributed by atoms with van der Waals surface area (Å²) in [5.41, 5.74) is 46.4. The predicted octanol–water partition coefficient (Wildman–Crippen LogP) is 2.80. The minimum atomic E-state index is -1.75. The van der Waals surface area contributed by atoms with E-state index in [-0.39, 0.29) is 147 Å². The molecule has 45 heteroatoms. The molecule has 23 rings (SSSR count). The number of amides is 19. The van der Waals surface area contributed by atoms with E-state index >= 15 is 0 Å². The van der Waals surface area contributed by atoms with Gasteiger partial charge in [0.25, 0.3) is 46.9 Å². The van der Waals surface area contributed by atoms with Crippen LogP contribution in [0.4, 0.5) is 34.1 Å². The number of nitrogens with two attached hydrogens (primary N) is 6. The first-order chi connectivity index (χ1) is 72.6. The molecule has 9 aromatic rings. The lowest BCUT2D eigenvalue weighted by Crippen LogP contribution is -2.54. The Morgan fingerprint density at radius 3 is 1.11 bits per heavy atom. The van der Waals surface area contributed by atoms with Crippen LogP contribution in [0.25, 0.3) is 10.9 Å². The summed E-state index contributed by atoms with van der Waals surface area (Å²) in [5.74, 6) is -7.17. The first kappa shape index (κ1) is 101. The van der Waals surface area contributed by atoms with Crippen LogP contribution < -0.4 is 76.6 Å². The number of piperidine rings is 6. The standard InChI is InChI=1S/C25H27N3O5.C15H15N3O3.C13H11N3O4.4C13H13N3O3/c29-23-9-8-21(24(30)26-23)28-15-20-19(25(28)31)2-1-3-22(20)33-16-18-6-4-17(5-7-18)14-27-10-12-32-13-11-27;1-8-17-11-4-2-3-10(16)14(11)15(21)18(8)12-6-5-9(19)7-13(12)20;14-7-3-1-2-6-10(7)13(20)16(12(6)19)8-4-5-9(17)15-11(8)18;4*14-9-3-1-2-7-8(9)6-16(13(7)19)10-4-5-11(17)15-12(10)18/h1-7,21H,8-16H2,(H,26,29,30);2-4,12H,5-7,16H2,1H3;1-3,8H,4-5,14H2,(H,15,17,18);4*1-3,10H,4-6,14H2,(H,15,17,18)/t21-;;;2*10-;;/m0..00../s1/i;;;10D;;10D;. The Morgan fingerprint density at radius 1 is 0.353 bits per heavy atom. The highest BCUT2D eigenvalue weighted by molar-refractivity contribution is 6.25. The number of fused-ring (bicyclic) bond motifs is 7. The zero-order valence-electron chi connectivity index (χ0n) is 83.0. The fourth-order valence-electron chi connectivity index (χ4n) is 20.1. The van der Waals surface area contributed by atoms with Crippen molar-refractivity contribution in [1.82, 2.24) is 75.8 Å². The van der Waals surface area contributed by atoms with Crippen molar-refractivity contribution in [3.63, 3.8) is 0 Å². The summed E-state index contributed by atoms with van der Waals surface area (Å²) in [5, 5.41) is 13.6. The third-order valence-electron chi connectivity index (χ3n) is 28.0. The number of benzene rings is 8. The molecule has 0 radical (unpaired) electrons. The van der Waals surface area contributed by atoms with Crippen molar-refractivity contribution in [3.8, 4) is 5.75 Å². The number of carbonyl (C=O) groups is 21. The molecule has 45 nitrogen and oxygen atoms in total. The van der Waals surface area contributed by atoms with Gasteiger partial charge in [0.2, 0.25) is 70.9 Å². The number of imide groups is 7. The molecule has 14 aliphatic rings. The van der Waals surface area contributed by atoms with Gasteiger partial charge >= 0.3 is 0 Å². The Balaban J connectivity index is 0.000000122. The molecule has 7 saturated heterocycles. The quantitative estimate of drug-likeness (QED) is 0.0475. The fourth-order valence-corrected chi connectivity index (χ4v) is 20.1. The second kappa shape index (κ2) is 43.8. The number of ether oxygens (including phenoxy) is 2. The molecule has 1 aromatic heterocycles. The highest BCUT2D eigenvalue weighted by atomic mass is 16.5. The molecule has 774 valence electrons. The molecular weight excluding hydrogens is 1940 g/mol. The van der Waals surface area contributed by atoms with E-state index in [2.05, 4.69) is 66.1 Å². The van der Waals surface area contributed by atoms with Crippen molar-refractivity contribution in [3.05, 3.63) is 246 Å². The van der Waals surface area contributed by atoms with Gasteiger partial charge in [0.15, 0.2) is 5.78 Å². The molecule has 4 unspecified atom stereocenters. The number of hydrogen-bond acceptors (Lipinski definition) is 32. The first-order valence-electron chi connectivity index (χ1n) is 49.4. The Hall–Kier alpha value is -17.9. The second-order valence-corrected chi connectivity index (χ2v) is 37.4. The highest BCUT2D eigenvalue weighted by Crippen LogP contribution is 2.40. The molecule has 7 atom stereocenters. The smallest absolute Gasteiger partial charge is 0.264 e. The van der Waals surface area contributed by atoms with Gasteiger partial charge in [-0.05, 0) is 148 Å². The number of morpholine rings is 1. The number of nitrogens with zero attached hydrogens (tertiary/aromatic N) is 9. The van der Waals surface area contributed by atoms with Gasteiger partial charge in [-0.2, -0.15) is 0 Å². The van der Waals surface area contributed by atoms with Crippen LogP contribution in [0.5, 0.6) is 5.75 Å². The lowest BCUT2D eigenvalue weighted by molar-refractivity contribution is -0.138. The minimum Gasteiger partial charge on any atom is -0.489 e. The number of nitrogen functional groups attached to an aromatic ring is 6. The first-order valence-corrected chi connectivity index (χ1v) is 48.4. The number of anilines is 6. The summed E-state index contributed by atoms with van der Waals surface area (Å²) < 4.78 is 29.5. The van der Waals surface area contributed by atoms with E-state index in [1.165, 1.54) is 41.9 Å². The van der Waals surface area contributed by atoms with Gasteiger partial charge in [0, 0.05) is 181 Å². The van der Waals surface area contributed by atoms with Crippen molar-refractivity contribution in [1.29, 1.82) is 0 Å². The third kappa shape index (κ3) is 21.4. The number of nitrogens with one attached hydrogen (secondary N) is 6. The number of rotatable bonds is 12. The van der Waals surface area contributed by atoms with E-state index in [1.807, 2.05) is 6.07 Å². The number of aryl methyl sites for hydroxylation is 1. The van der Waals surface area contributed by atoms with Gasteiger partial charge in [0.05, 0.1) is 57.0 Å². The van der Waals surface area contributed by atoms with Crippen LogP contribution in [0.1, 0.15) is 222 Å². The molecule has 8 aromatic carbocycles. The summed E-state index contributed by atoms with van der Waals surface area (Å²) in [6, 6.07) is 36.9. The fraction of sp³-hybridized carbons (Fsp3) is 0.324. The Bertz CT molecular complexity index is 7220. The second-order valence-electron chi connectivity index (χ2n) is 37.4. The summed E-state index contributed by atoms with van der Waals surface area (Å²) in [6.45, 7) is 7.67. The summed E-state index contributed by atoms with van der Waals surface area (Å²) in [6.07, 6.45) is 2.69. The summed E-state index contributed by atoms with van der Waals surface area (Å²) in [7, 11) is 0. The van der Waals surface area contributed by atoms with Crippen LogP contribution in [0.3, 0.4) is 0 Å². The van der Waals surface area contributed by atoms with Crippen molar-refractivity contribution in [2.45, 2.75) is 191 Å². The van der Waals surface area contributed by atoms with Gasteiger partial charge in [-0.3, -0.25) is 152 Å².